The SMILES string of the molecule is C[C@@]1(C#N)COCc2ccc(C(=O)NCc3cc4cc(-c5ccnc(N6CCC6)n5)cnc4cn3)cc21. The number of nitriles is 1. The van der Waals surface area contributed by atoms with E-state index in [9.17, 15) is 10.1 Å². The Bertz CT molecular complexity index is 1560. The second-order valence-electron chi connectivity index (χ2n) is 9.67. The highest BCUT2D eigenvalue weighted by molar-refractivity contribution is 5.94. The van der Waals surface area contributed by atoms with Crippen LogP contribution in [0.2, 0.25) is 0 Å². The Kier molecular flexibility index (Phi) is 5.74. The number of nitrogens with one attached hydrogen (secondary N) is 1. The molecule has 9 nitrogen and oxygen atoms in total. The number of hydrogen-bond acceptors (Lipinski definition) is 8. The van der Waals surface area contributed by atoms with Crippen molar-refractivity contribution in [3.8, 4) is 17.3 Å². The van der Waals surface area contributed by atoms with Crippen LogP contribution in [0.25, 0.3) is 22.2 Å². The minimum atomic E-state index is -0.770. The summed E-state index contributed by atoms with van der Waals surface area (Å²) in [7, 11) is 0. The summed E-state index contributed by atoms with van der Waals surface area (Å²) in [5, 5.41) is 13.5. The molecule has 6 rings (SSSR count). The summed E-state index contributed by atoms with van der Waals surface area (Å²) < 4.78 is 5.56. The molecule has 2 aliphatic rings. The number of ether oxygens (including phenoxy) is 1. The van der Waals surface area contributed by atoms with E-state index in [0.717, 1.165) is 64.4 Å². The van der Waals surface area contributed by atoms with Crippen LogP contribution < -0.4 is 10.2 Å². The Morgan fingerprint density at radius 2 is 2.05 bits per heavy atom. The molecule has 9 heteroatoms. The normalized spacial score (nSPS) is 18.5. The van der Waals surface area contributed by atoms with E-state index in [1.165, 1.54) is 0 Å². The Morgan fingerprint density at radius 1 is 1.16 bits per heavy atom. The third-order valence-corrected chi connectivity index (χ3v) is 6.99. The van der Waals surface area contributed by atoms with Crippen LogP contribution in [0.3, 0.4) is 0 Å². The maximum Gasteiger partial charge on any atom is 0.251 e. The lowest BCUT2D eigenvalue weighted by atomic mass is 9.79. The topological polar surface area (TPSA) is 117 Å². The molecule has 1 fully saturated rings. The van der Waals surface area contributed by atoms with Gasteiger partial charge in [0.1, 0.15) is 5.41 Å². The highest BCUT2D eigenvalue weighted by Crippen LogP contribution is 2.32. The average Bonchev–Trinajstić information content (AvgIpc) is 2.90. The average molecular weight is 492 g/mol. The molecule has 2 aliphatic heterocycles. The van der Waals surface area contributed by atoms with Crippen LogP contribution in [-0.4, -0.2) is 45.5 Å². The number of rotatable bonds is 5. The highest BCUT2D eigenvalue weighted by atomic mass is 16.5. The Labute approximate surface area is 214 Å². The summed E-state index contributed by atoms with van der Waals surface area (Å²) in [6.45, 7) is 4.82. The molecule has 5 heterocycles. The molecule has 0 bridgehead atoms. The zero-order chi connectivity index (χ0) is 25.4. The number of benzene rings is 1. The lowest BCUT2D eigenvalue weighted by Crippen LogP contribution is -2.38. The van der Waals surface area contributed by atoms with Gasteiger partial charge in [-0.15, -0.1) is 0 Å². The zero-order valence-corrected chi connectivity index (χ0v) is 20.4. The molecule has 0 aliphatic carbocycles. The smallest absolute Gasteiger partial charge is 0.251 e. The molecule has 0 radical (unpaired) electrons. The zero-order valence-electron chi connectivity index (χ0n) is 20.4. The predicted molar refractivity (Wildman–Crippen MR) is 138 cm³/mol. The van der Waals surface area contributed by atoms with Crippen molar-refractivity contribution in [1.82, 2.24) is 25.3 Å². The van der Waals surface area contributed by atoms with E-state index in [-0.39, 0.29) is 12.5 Å². The van der Waals surface area contributed by atoms with Gasteiger partial charge in [-0.25, -0.2) is 9.97 Å². The van der Waals surface area contributed by atoms with Crippen molar-refractivity contribution in [2.24, 2.45) is 0 Å². The van der Waals surface area contributed by atoms with Gasteiger partial charge in [0.2, 0.25) is 5.95 Å². The molecule has 1 atom stereocenters. The number of hydrogen-bond donors (Lipinski definition) is 1. The van der Waals surface area contributed by atoms with Crippen molar-refractivity contribution in [3.05, 3.63) is 77.4 Å². The first kappa shape index (κ1) is 23.0. The number of amides is 1. The lowest BCUT2D eigenvalue weighted by molar-refractivity contribution is 0.0757. The number of anilines is 1. The Morgan fingerprint density at radius 3 is 2.86 bits per heavy atom. The van der Waals surface area contributed by atoms with E-state index in [4.69, 9.17) is 9.72 Å². The number of carbonyl (C=O) groups is 1. The van der Waals surface area contributed by atoms with Gasteiger partial charge in [0.05, 0.1) is 48.9 Å². The Hall–Kier alpha value is -4.42. The molecule has 1 N–H and O–H groups in total. The quantitative estimate of drug-likeness (QED) is 0.451. The third kappa shape index (κ3) is 4.36. The van der Waals surface area contributed by atoms with Crippen molar-refractivity contribution in [2.45, 2.75) is 31.9 Å². The van der Waals surface area contributed by atoms with Gasteiger partial charge in [0, 0.05) is 42.0 Å². The predicted octanol–water partition coefficient (Wildman–Crippen LogP) is 3.54. The summed E-state index contributed by atoms with van der Waals surface area (Å²) >= 11 is 0. The van der Waals surface area contributed by atoms with Gasteiger partial charge >= 0.3 is 0 Å². The summed E-state index contributed by atoms with van der Waals surface area (Å²) in [5.74, 6) is 0.523. The second-order valence-corrected chi connectivity index (χ2v) is 9.67. The molecule has 184 valence electrons. The van der Waals surface area contributed by atoms with Crippen LogP contribution in [0, 0.1) is 11.3 Å². The molecule has 1 amide bonds. The van der Waals surface area contributed by atoms with Crippen LogP contribution in [0.1, 0.15) is 40.5 Å². The molecule has 0 saturated carbocycles. The van der Waals surface area contributed by atoms with Crippen molar-refractivity contribution >= 4 is 22.8 Å². The highest BCUT2D eigenvalue weighted by Gasteiger charge is 2.33. The molecule has 0 unspecified atom stereocenters. The minimum Gasteiger partial charge on any atom is -0.375 e. The van der Waals surface area contributed by atoms with Crippen LogP contribution in [0.15, 0.2) is 55.0 Å². The number of carbonyl (C=O) groups excluding carboxylic acids is 1. The first-order chi connectivity index (χ1) is 18.0. The van der Waals surface area contributed by atoms with Gasteiger partial charge in [-0.1, -0.05) is 6.07 Å². The molecule has 0 spiro atoms. The third-order valence-electron chi connectivity index (χ3n) is 6.99. The Balaban J connectivity index is 1.20. The van der Waals surface area contributed by atoms with E-state index in [2.05, 4.69) is 31.2 Å². The molecule has 4 aromatic rings. The molecule has 3 aromatic heterocycles. The fourth-order valence-corrected chi connectivity index (χ4v) is 4.66. The monoisotopic (exact) mass is 491 g/mol. The van der Waals surface area contributed by atoms with Crippen molar-refractivity contribution in [3.63, 3.8) is 0 Å². The van der Waals surface area contributed by atoms with E-state index < -0.39 is 5.41 Å². The summed E-state index contributed by atoms with van der Waals surface area (Å²) in [6, 6.07) is 13.6. The van der Waals surface area contributed by atoms with Gasteiger partial charge in [-0.3, -0.25) is 14.8 Å². The summed E-state index contributed by atoms with van der Waals surface area (Å²) in [6.07, 6.45) is 6.45. The summed E-state index contributed by atoms with van der Waals surface area (Å²) in [4.78, 5) is 33.2. The molecule has 1 saturated heterocycles. The van der Waals surface area contributed by atoms with Gasteiger partial charge in [-0.05, 0) is 54.8 Å². The van der Waals surface area contributed by atoms with Crippen molar-refractivity contribution < 1.29 is 9.53 Å². The van der Waals surface area contributed by atoms with E-state index >= 15 is 0 Å². The van der Waals surface area contributed by atoms with Gasteiger partial charge in [0.15, 0.2) is 0 Å². The maximum absolute atomic E-state index is 12.9. The standard InChI is InChI=1S/C28H25N7O2/c1-28(16-29)17-37-15-19-4-3-18(11-23(19)28)26(36)33-13-22-10-20-9-21(12-32-25(20)14-31-22)24-5-6-30-27(34-24)35-7-2-8-35/h3-6,9-12,14H,2,7-8,13,15,17H2,1H3,(H,33,36)/t28-/m1/s1. The largest absolute Gasteiger partial charge is 0.375 e. The molecule has 37 heavy (non-hydrogen) atoms. The van der Waals surface area contributed by atoms with Gasteiger partial charge < -0.3 is 15.0 Å². The number of aromatic nitrogens is 4. The fourth-order valence-electron chi connectivity index (χ4n) is 4.66. The summed E-state index contributed by atoms with van der Waals surface area (Å²) in [5.41, 5.74) is 4.73. The minimum absolute atomic E-state index is 0.220. The number of nitrogens with zero attached hydrogens (tertiary/aromatic N) is 6. The second kappa shape index (κ2) is 9.22. The molecular weight excluding hydrogens is 466 g/mol. The van der Waals surface area contributed by atoms with E-state index in [1.54, 1.807) is 30.7 Å². The van der Waals surface area contributed by atoms with E-state index in [0.29, 0.717) is 18.8 Å². The first-order valence-corrected chi connectivity index (χ1v) is 12.3. The maximum atomic E-state index is 12.9. The van der Waals surface area contributed by atoms with Crippen LogP contribution in [0.4, 0.5) is 5.95 Å². The van der Waals surface area contributed by atoms with Crippen LogP contribution in [0.5, 0.6) is 0 Å². The lowest BCUT2D eigenvalue weighted by Gasteiger charge is -2.30. The number of pyridine rings is 2. The molecule has 1 aromatic carbocycles. The first-order valence-electron chi connectivity index (χ1n) is 12.3. The van der Waals surface area contributed by atoms with Crippen LogP contribution in [-0.2, 0) is 23.3 Å². The van der Waals surface area contributed by atoms with Crippen molar-refractivity contribution in [2.75, 3.05) is 24.6 Å². The van der Waals surface area contributed by atoms with E-state index in [1.807, 2.05) is 31.2 Å². The van der Waals surface area contributed by atoms with Gasteiger partial charge in [0.25, 0.3) is 5.91 Å². The fraction of sp³-hybridized carbons (Fsp3) is 0.286. The van der Waals surface area contributed by atoms with Gasteiger partial charge in [-0.2, -0.15) is 5.26 Å². The number of fused-ring (bicyclic) bond motifs is 2. The molecular formula is C28H25N7O2. The van der Waals surface area contributed by atoms with Crippen molar-refractivity contribution in [1.29, 1.82) is 5.26 Å². The van der Waals surface area contributed by atoms with Crippen LogP contribution >= 0.6 is 0 Å².